The van der Waals surface area contributed by atoms with E-state index in [1.807, 2.05) is 12.1 Å². The van der Waals surface area contributed by atoms with Crippen LogP contribution in [0.4, 0.5) is 4.79 Å². The van der Waals surface area contributed by atoms with Crippen LogP contribution in [0.5, 0.6) is 11.5 Å². The molecular formula is C18H26N2O5. The fourth-order valence-electron chi connectivity index (χ4n) is 2.88. The van der Waals surface area contributed by atoms with Gasteiger partial charge in [0, 0.05) is 19.1 Å². The zero-order valence-corrected chi connectivity index (χ0v) is 15.0. The number of likely N-dealkylation sites (tertiary alicyclic amines) is 1. The molecule has 1 aromatic carbocycles. The van der Waals surface area contributed by atoms with Crippen molar-refractivity contribution in [1.82, 2.24) is 10.2 Å². The van der Waals surface area contributed by atoms with Gasteiger partial charge >= 0.3 is 6.09 Å². The van der Waals surface area contributed by atoms with Gasteiger partial charge in [-0.1, -0.05) is 6.07 Å². The second-order valence-electron chi connectivity index (χ2n) is 5.89. The average Bonchev–Trinajstić information content (AvgIpc) is 2.62. The highest BCUT2D eigenvalue weighted by atomic mass is 16.6. The van der Waals surface area contributed by atoms with Crippen molar-refractivity contribution in [2.45, 2.75) is 32.2 Å². The predicted molar refractivity (Wildman–Crippen MR) is 93.0 cm³/mol. The lowest BCUT2D eigenvalue weighted by atomic mass is 10.0. The molecule has 138 valence electrons. The maximum absolute atomic E-state index is 12.3. The number of hydrogen-bond donors (Lipinski definition) is 1. The van der Waals surface area contributed by atoms with E-state index in [1.54, 1.807) is 32.1 Å². The van der Waals surface area contributed by atoms with Crippen molar-refractivity contribution in [2.24, 2.45) is 0 Å². The van der Waals surface area contributed by atoms with Crippen molar-refractivity contribution in [2.75, 3.05) is 33.9 Å². The van der Waals surface area contributed by atoms with Crippen LogP contribution in [0.15, 0.2) is 18.2 Å². The summed E-state index contributed by atoms with van der Waals surface area (Å²) in [5.74, 6) is 1.20. The van der Waals surface area contributed by atoms with Crippen molar-refractivity contribution >= 4 is 12.0 Å². The fraction of sp³-hybridized carbons (Fsp3) is 0.556. The van der Waals surface area contributed by atoms with Gasteiger partial charge in [0.2, 0.25) is 5.91 Å². The maximum Gasteiger partial charge on any atom is 0.409 e. The topological polar surface area (TPSA) is 77.1 Å². The lowest BCUT2D eigenvalue weighted by Crippen LogP contribution is -2.47. The smallest absolute Gasteiger partial charge is 0.409 e. The SMILES string of the molecule is CCOC(=O)N1CCC(NC(=O)Cc2ccc(OC)c(OC)c2)CC1. The van der Waals surface area contributed by atoms with Crippen molar-refractivity contribution in [1.29, 1.82) is 0 Å². The summed E-state index contributed by atoms with van der Waals surface area (Å²) in [5.41, 5.74) is 0.860. The first-order valence-corrected chi connectivity index (χ1v) is 8.49. The molecule has 1 aliphatic rings. The summed E-state index contributed by atoms with van der Waals surface area (Å²) in [6, 6.07) is 5.53. The molecule has 0 bridgehead atoms. The van der Waals surface area contributed by atoms with Crippen molar-refractivity contribution in [3.8, 4) is 11.5 Å². The summed E-state index contributed by atoms with van der Waals surface area (Å²) in [5, 5.41) is 3.04. The Morgan fingerprint density at radius 2 is 1.84 bits per heavy atom. The molecule has 1 heterocycles. The normalized spacial score (nSPS) is 14.8. The number of benzene rings is 1. The molecule has 1 fully saturated rings. The van der Waals surface area contributed by atoms with Crippen molar-refractivity contribution in [3.05, 3.63) is 23.8 Å². The molecule has 7 heteroatoms. The number of carbonyl (C=O) groups excluding carboxylic acids is 2. The van der Waals surface area contributed by atoms with Crippen LogP contribution in [-0.4, -0.2) is 56.9 Å². The quantitative estimate of drug-likeness (QED) is 0.849. The third-order valence-electron chi connectivity index (χ3n) is 4.20. The second kappa shape index (κ2) is 9.15. The van der Waals surface area contributed by atoms with Crippen molar-refractivity contribution in [3.63, 3.8) is 0 Å². The Morgan fingerprint density at radius 3 is 2.44 bits per heavy atom. The minimum Gasteiger partial charge on any atom is -0.493 e. The number of hydrogen-bond acceptors (Lipinski definition) is 5. The first-order valence-electron chi connectivity index (χ1n) is 8.49. The molecule has 2 rings (SSSR count). The largest absolute Gasteiger partial charge is 0.493 e. The molecule has 0 aromatic heterocycles. The van der Waals surface area contributed by atoms with E-state index in [4.69, 9.17) is 14.2 Å². The Balaban J connectivity index is 1.82. The van der Waals surface area contributed by atoms with Gasteiger partial charge < -0.3 is 24.4 Å². The zero-order chi connectivity index (χ0) is 18.2. The average molecular weight is 350 g/mol. The molecule has 0 unspecified atom stereocenters. The van der Waals surface area contributed by atoms with Gasteiger partial charge in [0.1, 0.15) is 0 Å². The van der Waals surface area contributed by atoms with E-state index in [0.29, 0.717) is 31.2 Å². The van der Waals surface area contributed by atoms with Gasteiger partial charge in [-0.2, -0.15) is 0 Å². The van der Waals surface area contributed by atoms with E-state index < -0.39 is 0 Å². The summed E-state index contributed by atoms with van der Waals surface area (Å²) in [6.07, 6.45) is 1.46. The zero-order valence-electron chi connectivity index (χ0n) is 15.0. The van der Waals surface area contributed by atoms with E-state index in [0.717, 1.165) is 18.4 Å². The van der Waals surface area contributed by atoms with Gasteiger partial charge in [-0.3, -0.25) is 4.79 Å². The number of piperidine rings is 1. The predicted octanol–water partition coefficient (Wildman–Crippen LogP) is 1.98. The third-order valence-corrected chi connectivity index (χ3v) is 4.20. The summed E-state index contributed by atoms with van der Waals surface area (Å²) < 4.78 is 15.4. The van der Waals surface area contributed by atoms with E-state index >= 15 is 0 Å². The van der Waals surface area contributed by atoms with E-state index in [9.17, 15) is 9.59 Å². The van der Waals surface area contributed by atoms with Gasteiger partial charge in [-0.25, -0.2) is 4.79 Å². The van der Waals surface area contributed by atoms with Crippen LogP contribution in [-0.2, 0) is 16.0 Å². The number of nitrogens with one attached hydrogen (secondary N) is 1. The number of amides is 2. The van der Waals surface area contributed by atoms with Crippen molar-refractivity contribution < 1.29 is 23.8 Å². The summed E-state index contributed by atoms with van der Waals surface area (Å²) in [7, 11) is 3.14. The van der Waals surface area contributed by atoms with E-state index in [-0.39, 0.29) is 24.5 Å². The van der Waals surface area contributed by atoms with Crippen LogP contribution in [0.2, 0.25) is 0 Å². The monoisotopic (exact) mass is 350 g/mol. The van der Waals surface area contributed by atoms with E-state index in [2.05, 4.69) is 5.32 Å². The molecule has 0 aliphatic carbocycles. The molecule has 25 heavy (non-hydrogen) atoms. The molecule has 0 spiro atoms. The minimum atomic E-state index is -0.280. The van der Waals surface area contributed by atoms with Crippen LogP contribution in [0.25, 0.3) is 0 Å². The maximum atomic E-state index is 12.3. The molecule has 1 aromatic rings. The molecule has 2 amide bonds. The number of methoxy groups -OCH3 is 2. The molecule has 0 radical (unpaired) electrons. The highest BCUT2D eigenvalue weighted by Gasteiger charge is 2.24. The fourth-order valence-corrected chi connectivity index (χ4v) is 2.88. The van der Waals surface area contributed by atoms with Crippen LogP contribution in [0.1, 0.15) is 25.3 Å². The first kappa shape index (κ1) is 18.9. The Bertz CT molecular complexity index is 597. The van der Waals surface area contributed by atoms with Gasteiger partial charge in [-0.15, -0.1) is 0 Å². The third kappa shape index (κ3) is 5.27. The van der Waals surface area contributed by atoms with Gasteiger partial charge in [0.05, 0.1) is 27.2 Å². The standard InChI is InChI=1S/C18H26N2O5/c1-4-25-18(22)20-9-7-14(8-10-20)19-17(21)12-13-5-6-15(23-2)16(11-13)24-3/h5-6,11,14H,4,7-10,12H2,1-3H3,(H,19,21). The van der Waals surface area contributed by atoms with E-state index in [1.165, 1.54) is 0 Å². The Kier molecular flexibility index (Phi) is 6.91. The molecular weight excluding hydrogens is 324 g/mol. The number of rotatable bonds is 6. The lowest BCUT2D eigenvalue weighted by Gasteiger charge is -2.31. The number of carbonyl (C=O) groups is 2. The summed E-state index contributed by atoms with van der Waals surface area (Å²) in [4.78, 5) is 25.6. The van der Waals surface area contributed by atoms with Crippen LogP contribution < -0.4 is 14.8 Å². The van der Waals surface area contributed by atoms with Crippen LogP contribution in [0.3, 0.4) is 0 Å². The summed E-state index contributed by atoms with van der Waals surface area (Å²) in [6.45, 7) is 3.36. The lowest BCUT2D eigenvalue weighted by molar-refractivity contribution is -0.121. The number of ether oxygens (including phenoxy) is 3. The highest BCUT2D eigenvalue weighted by Crippen LogP contribution is 2.27. The Hall–Kier alpha value is -2.44. The molecule has 1 aliphatic heterocycles. The Labute approximate surface area is 148 Å². The first-order chi connectivity index (χ1) is 12.1. The second-order valence-corrected chi connectivity index (χ2v) is 5.89. The van der Waals surface area contributed by atoms with Crippen LogP contribution >= 0.6 is 0 Å². The molecule has 7 nitrogen and oxygen atoms in total. The highest BCUT2D eigenvalue weighted by molar-refractivity contribution is 5.79. The molecule has 1 N–H and O–H groups in total. The number of nitrogens with zero attached hydrogens (tertiary/aromatic N) is 1. The van der Waals surface area contributed by atoms with Crippen LogP contribution in [0, 0.1) is 0 Å². The summed E-state index contributed by atoms with van der Waals surface area (Å²) >= 11 is 0. The van der Waals surface area contributed by atoms with Gasteiger partial charge in [-0.05, 0) is 37.5 Å². The van der Waals surface area contributed by atoms with Gasteiger partial charge in [0.25, 0.3) is 0 Å². The molecule has 0 saturated carbocycles. The Morgan fingerprint density at radius 1 is 1.16 bits per heavy atom. The molecule has 1 saturated heterocycles. The minimum absolute atomic E-state index is 0.0400. The molecule has 0 atom stereocenters. The van der Waals surface area contributed by atoms with Gasteiger partial charge in [0.15, 0.2) is 11.5 Å².